The number of hydrogen-bond donors (Lipinski definition) is 1. The van der Waals surface area contributed by atoms with Crippen LogP contribution in [0.15, 0.2) is 48.5 Å². The summed E-state index contributed by atoms with van der Waals surface area (Å²) in [5.74, 6) is 1.31. The summed E-state index contributed by atoms with van der Waals surface area (Å²) >= 11 is 0. The van der Waals surface area contributed by atoms with E-state index in [4.69, 9.17) is 14.2 Å². The molecule has 0 spiro atoms. The van der Waals surface area contributed by atoms with E-state index in [2.05, 4.69) is 10.2 Å². The molecule has 1 amide bonds. The predicted molar refractivity (Wildman–Crippen MR) is 119 cm³/mol. The molecule has 2 aromatic rings. The van der Waals surface area contributed by atoms with Crippen LogP contribution in [-0.2, 0) is 20.8 Å². The lowest BCUT2D eigenvalue weighted by atomic mass is 10.2. The molecular formula is C25H29FN2O4. The molecule has 6 nitrogen and oxygen atoms in total. The Hall–Kier alpha value is -2.64. The first kappa shape index (κ1) is 21.2. The molecule has 3 fully saturated rings. The molecule has 2 aromatic carbocycles. The number of hydrogen-bond acceptors (Lipinski definition) is 5. The molecule has 0 radical (unpaired) electrons. The van der Waals surface area contributed by atoms with Gasteiger partial charge in [-0.3, -0.25) is 5.32 Å². The van der Waals surface area contributed by atoms with E-state index in [1.807, 2.05) is 30.3 Å². The van der Waals surface area contributed by atoms with Crippen LogP contribution in [0.4, 0.5) is 20.6 Å². The highest BCUT2D eigenvalue weighted by Gasteiger charge is 2.56. The Morgan fingerprint density at radius 2 is 1.94 bits per heavy atom. The average Bonchev–Trinajstić information content (AvgIpc) is 3.26. The zero-order valence-corrected chi connectivity index (χ0v) is 18.0. The standard InChI is InChI=1S/C25H29FN2O4/c26-18-9-10-23(22(12-18)27-25(29)32-15-17-6-2-1-3-7-17)28-13-19-20(14-28)21(19)16-31-24-8-4-5-11-30-24/h1-3,6-7,9-10,12,19-21,24H,4-5,8,11,13-16H2,(H,27,29)/t19-,20?,21-,24?/m0/s1. The summed E-state index contributed by atoms with van der Waals surface area (Å²) in [4.78, 5) is 14.5. The second-order valence-electron chi connectivity index (χ2n) is 8.87. The molecule has 0 bridgehead atoms. The molecule has 1 N–H and O–H groups in total. The van der Waals surface area contributed by atoms with Gasteiger partial charge in [-0.2, -0.15) is 0 Å². The quantitative estimate of drug-likeness (QED) is 0.670. The summed E-state index contributed by atoms with van der Waals surface area (Å²) in [5, 5.41) is 2.72. The van der Waals surface area contributed by atoms with Gasteiger partial charge >= 0.3 is 6.09 Å². The van der Waals surface area contributed by atoms with Gasteiger partial charge in [-0.15, -0.1) is 0 Å². The third-order valence-electron chi connectivity index (χ3n) is 6.73. The first-order valence-corrected chi connectivity index (χ1v) is 11.4. The third kappa shape index (κ3) is 4.89. The van der Waals surface area contributed by atoms with Crippen molar-refractivity contribution in [1.29, 1.82) is 0 Å². The third-order valence-corrected chi connectivity index (χ3v) is 6.73. The van der Waals surface area contributed by atoms with Crippen LogP contribution in [0.25, 0.3) is 0 Å². The molecule has 2 aliphatic heterocycles. The van der Waals surface area contributed by atoms with Crippen molar-refractivity contribution >= 4 is 17.5 Å². The highest BCUT2D eigenvalue weighted by molar-refractivity contribution is 5.89. The van der Waals surface area contributed by atoms with Crippen molar-refractivity contribution in [3.05, 3.63) is 59.9 Å². The molecule has 1 aliphatic carbocycles. The summed E-state index contributed by atoms with van der Waals surface area (Å²) in [6.07, 6.45) is 2.64. The minimum absolute atomic E-state index is 0.0454. The van der Waals surface area contributed by atoms with Crippen LogP contribution in [0.1, 0.15) is 24.8 Å². The van der Waals surface area contributed by atoms with Gasteiger partial charge < -0.3 is 19.1 Å². The number of piperidine rings is 1. The van der Waals surface area contributed by atoms with Crippen molar-refractivity contribution in [1.82, 2.24) is 0 Å². The van der Waals surface area contributed by atoms with Gasteiger partial charge in [0.1, 0.15) is 12.4 Å². The first-order chi connectivity index (χ1) is 15.7. The molecule has 5 rings (SSSR count). The van der Waals surface area contributed by atoms with E-state index in [1.165, 1.54) is 18.6 Å². The van der Waals surface area contributed by atoms with Crippen molar-refractivity contribution in [2.45, 2.75) is 32.2 Å². The second-order valence-corrected chi connectivity index (χ2v) is 8.87. The topological polar surface area (TPSA) is 60.0 Å². The number of nitrogens with zero attached hydrogens (tertiary/aromatic N) is 1. The Morgan fingerprint density at radius 1 is 1.12 bits per heavy atom. The largest absolute Gasteiger partial charge is 0.444 e. The van der Waals surface area contributed by atoms with E-state index in [0.29, 0.717) is 23.4 Å². The number of carbonyl (C=O) groups is 1. The highest BCUT2D eigenvalue weighted by atomic mass is 19.1. The molecule has 170 valence electrons. The second kappa shape index (κ2) is 9.46. The van der Waals surface area contributed by atoms with Crippen molar-refractivity contribution in [3.63, 3.8) is 0 Å². The predicted octanol–water partition coefficient (Wildman–Crippen LogP) is 4.80. The number of anilines is 2. The highest BCUT2D eigenvalue weighted by Crippen LogP contribution is 2.53. The molecule has 4 atom stereocenters. The maximum absolute atomic E-state index is 13.9. The van der Waals surface area contributed by atoms with E-state index in [1.54, 1.807) is 6.07 Å². The Bertz CT molecular complexity index is 923. The monoisotopic (exact) mass is 440 g/mol. The number of nitrogens with one attached hydrogen (secondary N) is 1. The summed E-state index contributed by atoms with van der Waals surface area (Å²) in [7, 11) is 0. The first-order valence-electron chi connectivity index (χ1n) is 11.4. The van der Waals surface area contributed by atoms with Gasteiger partial charge in [0.05, 0.1) is 18.0 Å². The molecular weight excluding hydrogens is 411 g/mol. The van der Waals surface area contributed by atoms with Crippen LogP contribution in [0.5, 0.6) is 0 Å². The van der Waals surface area contributed by atoms with Crippen molar-refractivity contribution < 1.29 is 23.4 Å². The Morgan fingerprint density at radius 3 is 2.69 bits per heavy atom. The lowest BCUT2D eigenvalue weighted by Crippen LogP contribution is -2.28. The number of rotatable bonds is 7. The lowest BCUT2D eigenvalue weighted by molar-refractivity contribution is -0.165. The summed E-state index contributed by atoms with van der Waals surface area (Å²) in [5.41, 5.74) is 2.16. The van der Waals surface area contributed by atoms with Gasteiger partial charge in [-0.1, -0.05) is 30.3 Å². The maximum atomic E-state index is 13.9. The van der Waals surface area contributed by atoms with Gasteiger partial charge in [0.25, 0.3) is 0 Å². The van der Waals surface area contributed by atoms with E-state index in [9.17, 15) is 9.18 Å². The van der Waals surface area contributed by atoms with Crippen LogP contribution in [0.2, 0.25) is 0 Å². The maximum Gasteiger partial charge on any atom is 0.412 e. The summed E-state index contributed by atoms with van der Waals surface area (Å²) in [6, 6.07) is 14.0. The minimum atomic E-state index is -0.594. The molecule has 2 unspecified atom stereocenters. The number of ether oxygens (including phenoxy) is 3. The Kier molecular flexibility index (Phi) is 6.28. The molecule has 3 aliphatic rings. The molecule has 1 saturated carbocycles. The fourth-order valence-corrected chi connectivity index (χ4v) is 4.91. The molecule has 7 heteroatoms. The molecule has 0 aromatic heterocycles. The fraction of sp³-hybridized carbons (Fsp3) is 0.480. The molecule has 2 heterocycles. The van der Waals surface area contributed by atoms with Crippen LogP contribution >= 0.6 is 0 Å². The fourth-order valence-electron chi connectivity index (χ4n) is 4.91. The van der Waals surface area contributed by atoms with Crippen LogP contribution in [-0.4, -0.2) is 38.7 Å². The van der Waals surface area contributed by atoms with E-state index >= 15 is 0 Å². The van der Waals surface area contributed by atoms with Crippen LogP contribution in [0.3, 0.4) is 0 Å². The zero-order valence-electron chi connectivity index (χ0n) is 18.0. The van der Waals surface area contributed by atoms with Gasteiger partial charge in [0, 0.05) is 19.7 Å². The van der Waals surface area contributed by atoms with Gasteiger partial charge in [-0.05, 0) is 60.8 Å². The number of carbonyl (C=O) groups excluding carboxylic acids is 1. The van der Waals surface area contributed by atoms with Crippen molar-refractivity contribution in [2.75, 3.05) is 36.5 Å². The SMILES string of the molecule is O=C(Nc1cc(F)ccc1N1CC2[C@@H](COC3CCCCO3)[C@H]2C1)OCc1ccccc1. The smallest absolute Gasteiger partial charge is 0.412 e. The lowest BCUT2D eigenvalue weighted by Gasteiger charge is -2.26. The van der Waals surface area contributed by atoms with Crippen molar-refractivity contribution in [3.8, 4) is 0 Å². The number of halogens is 1. The van der Waals surface area contributed by atoms with E-state index in [-0.39, 0.29) is 12.9 Å². The minimum Gasteiger partial charge on any atom is -0.444 e. The van der Waals surface area contributed by atoms with Crippen LogP contribution < -0.4 is 10.2 Å². The number of fused-ring (bicyclic) bond motifs is 1. The molecule has 32 heavy (non-hydrogen) atoms. The van der Waals surface area contributed by atoms with E-state index < -0.39 is 11.9 Å². The van der Waals surface area contributed by atoms with Gasteiger partial charge in [0.2, 0.25) is 0 Å². The van der Waals surface area contributed by atoms with Gasteiger partial charge in [-0.25, -0.2) is 9.18 Å². The summed E-state index contributed by atoms with van der Waals surface area (Å²) < 4.78 is 30.9. The normalized spacial score (nSPS) is 26.5. The average molecular weight is 441 g/mol. The van der Waals surface area contributed by atoms with Crippen molar-refractivity contribution in [2.24, 2.45) is 17.8 Å². The summed E-state index contributed by atoms with van der Waals surface area (Å²) in [6.45, 7) is 3.46. The van der Waals surface area contributed by atoms with Gasteiger partial charge in [0.15, 0.2) is 6.29 Å². The van der Waals surface area contributed by atoms with E-state index in [0.717, 1.165) is 50.4 Å². The Balaban J connectivity index is 1.14. The number of amides is 1. The molecule has 2 saturated heterocycles. The zero-order chi connectivity index (χ0) is 21.9. The Labute approximate surface area is 187 Å². The number of benzene rings is 2. The van der Waals surface area contributed by atoms with Crippen LogP contribution in [0, 0.1) is 23.6 Å².